The fourth-order valence-electron chi connectivity index (χ4n) is 5.17. The molecule has 1 aliphatic rings. The first-order chi connectivity index (χ1) is 21.9. The number of nitro groups is 1. The van der Waals surface area contributed by atoms with Crippen molar-refractivity contribution in [3.8, 4) is 0 Å². The van der Waals surface area contributed by atoms with Gasteiger partial charge in [-0.15, -0.1) is 11.3 Å². The van der Waals surface area contributed by atoms with Gasteiger partial charge in [-0.2, -0.15) is 4.31 Å². The molecule has 13 nitrogen and oxygen atoms in total. The minimum Gasteiger partial charge on any atom is -0.434 e. The molecule has 0 unspecified atom stereocenters. The van der Waals surface area contributed by atoms with Crippen molar-refractivity contribution in [3.05, 3.63) is 94.0 Å². The van der Waals surface area contributed by atoms with E-state index in [0.29, 0.717) is 10.2 Å². The number of sulfonamides is 1. The van der Waals surface area contributed by atoms with E-state index in [0.717, 1.165) is 10.5 Å². The number of rotatable bonds is 13. The standard InChI is InChI=1S/C31H33N5O8S2/c1-20(2)16-34(46(42,43)24-11-12-25-29(15-24)45-19-32-25)17-27(37)26(13-21-7-4-3-5-8-21)33-30(38)28-18-35(31(39)44-28)22-9-6-10-23(14-22)36(40)41/h3-12,14-15,19-20,26-28,37H,13,16-18H2,1-2H3,(H,33,38)/t26-,27+,28-/m0/s1. The number of ether oxygens (including phenoxy) is 1. The third kappa shape index (κ3) is 7.50. The smallest absolute Gasteiger partial charge is 0.415 e. The lowest BCUT2D eigenvalue weighted by atomic mass is 10.0. The molecule has 0 spiro atoms. The van der Waals surface area contributed by atoms with Gasteiger partial charge in [0.2, 0.25) is 10.0 Å². The molecule has 0 bridgehead atoms. The first-order valence-electron chi connectivity index (χ1n) is 14.5. The van der Waals surface area contributed by atoms with Crippen LogP contribution in [0, 0.1) is 16.0 Å². The van der Waals surface area contributed by atoms with Crippen molar-refractivity contribution >= 4 is 55.0 Å². The van der Waals surface area contributed by atoms with Crippen LogP contribution in [0.2, 0.25) is 0 Å². The molecule has 0 saturated carbocycles. The molecule has 5 rings (SSSR count). The third-order valence-electron chi connectivity index (χ3n) is 7.45. The Kier molecular flexibility index (Phi) is 9.96. The van der Waals surface area contributed by atoms with Crippen LogP contribution >= 0.6 is 11.3 Å². The molecule has 4 aromatic rings. The zero-order chi connectivity index (χ0) is 33.0. The largest absolute Gasteiger partial charge is 0.434 e. The molecule has 15 heteroatoms. The summed E-state index contributed by atoms with van der Waals surface area (Å²) < 4.78 is 35.0. The van der Waals surface area contributed by atoms with E-state index in [9.17, 15) is 33.2 Å². The molecule has 1 aromatic heterocycles. The summed E-state index contributed by atoms with van der Waals surface area (Å²) in [7, 11) is -4.05. The number of fused-ring (bicyclic) bond motifs is 1. The summed E-state index contributed by atoms with van der Waals surface area (Å²) in [6, 6.07) is 18.2. The number of cyclic esters (lactones) is 1. The topological polar surface area (TPSA) is 172 Å². The zero-order valence-corrected chi connectivity index (χ0v) is 26.7. The van der Waals surface area contributed by atoms with Crippen molar-refractivity contribution in [2.75, 3.05) is 24.5 Å². The summed E-state index contributed by atoms with van der Waals surface area (Å²) in [5.41, 5.74) is 3.07. The highest BCUT2D eigenvalue weighted by Gasteiger charge is 2.39. The van der Waals surface area contributed by atoms with Crippen LogP contribution in [0.25, 0.3) is 10.2 Å². The molecule has 3 aromatic carbocycles. The lowest BCUT2D eigenvalue weighted by molar-refractivity contribution is -0.384. The Hall–Kier alpha value is -4.44. The Bertz CT molecular complexity index is 1830. The number of aromatic nitrogens is 1. The number of amides is 2. The average Bonchev–Trinajstić information content (AvgIpc) is 3.67. The minimum atomic E-state index is -4.05. The van der Waals surface area contributed by atoms with Gasteiger partial charge < -0.3 is 15.2 Å². The molecular weight excluding hydrogens is 635 g/mol. The molecule has 2 N–H and O–H groups in total. The molecule has 3 atom stereocenters. The highest BCUT2D eigenvalue weighted by atomic mass is 32.2. The van der Waals surface area contributed by atoms with Crippen LogP contribution < -0.4 is 10.2 Å². The van der Waals surface area contributed by atoms with Gasteiger partial charge in [-0.05, 0) is 42.2 Å². The first kappa shape index (κ1) is 32.9. The third-order valence-corrected chi connectivity index (χ3v) is 10.1. The minimum absolute atomic E-state index is 0.0693. The number of nitrogens with one attached hydrogen (secondary N) is 1. The van der Waals surface area contributed by atoms with Crippen LogP contribution in [0.3, 0.4) is 0 Å². The number of nitro benzene ring substituents is 1. The Labute approximate surface area is 269 Å². The molecule has 242 valence electrons. The van der Waals surface area contributed by atoms with Crippen molar-refractivity contribution in [3.63, 3.8) is 0 Å². The predicted molar refractivity (Wildman–Crippen MR) is 172 cm³/mol. The molecule has 0 radical (unpaired) electrons. The molecule has 46 heavy (non-hydrogen) atoms. The maximum Gasteiger partial charge on any atom is 0.415 e. The first-order valence-corrected chi connectivity index (χ1v) is 16.8. The van der Waals surface area contributed by atoms with E-state index in [1.165, 1.54) is 46.0 Å². The van der Waals surface area contributed by atoms with Gasteiger partial charge in [0.25, 0.3) is 11.6 Å². The van der Waals surface area contributed by atoms with Gasteiger partial charge in [-0.25, -0.2) is 18.2 Å². The number of aliphatic hydroxyl groups excluding tert-OH is 1. The van der Waals surface area contributed by atoms with Gasteiger partial charge in [-0.1, -0.05) is 50.2 Å². The predicted octanol–water partition coefficient (Wildman–Crippen LogP) is 3.97. The van der Waals surface area contributed by atoms with Crippen LogP contribution in [-0.2, 0) is 26.0 Å². The van der Waals surface area contributed by atoms with E-state index >= 15 is 0 Å². The normalized spacial score (nSPS) is 16.5. The molecule has 1 saturated heterocycles. The van der Waals surface area contributed by atoms with E-state index in [4.69, 9.17) is 4.74 Å². The number of benzene rings is 3. The van der Waals surface area contributed by atoms with Gasteiger partial charge in [0.15, 0.2) is 6.10 Å². The molecule has 1 fully saturated rings. The lowest BCUT2D eigenvalue weighted by Crippen LogP contribution is -2.53. The number of hydrogen-bond acceptors (Lipinski definition) is 10. The van der Waals surface area contributed by atoms with E-state index in [1.807, 2.05) is 32.0 Å². The molecule has 1 aliphatic heterocycles. The number of carbonyl (C=O) groups excluding carboxylic acids is 2. The second-order valence-corrected chi connectivity index (χ2v) is 14.2. The lowest BCUT2D eigenvalue weighted by Gasteiger charge is -2.31. The summed E-state index contributed by atoms with van der Waals surface area (Å²) >= 11 is 1.32. The molecule has 2 amide bonds. The van der Waals surface area contributed by atoms with Gasteiger partial charge in [0.05, 0.1) is 49.9 Å². The van der Waals surface area contributed by atoms with Gasteiger partial charge in [0, 0.05) is 25.2 Å². The van der Waals surface area contributed by atoms with Gasteiger partial charge in [0.1, 0.15) is 0 Å². The van der Waals surface area contributed by atoms with E-state index in [-0.39, 0.29) is 48.2 Å². The Morgan fingerprint density at radius 1 is 1.15 bits per heavy atom. The summed E-state index contributed by atoms with van der Waals surface area (Å²) in [6.07, 6.45) is -3.33. The zero-order valence-electron chi connectivity index (χ0n) is 25.1. The van der Waals surface area contributed by atoms with E-state index in [1.54, 1.807) is 29.8 Å². The second-order valence-electron chi connectivity index (χ2n) is 11.3. The van der Waals surface area contributed by atoms with Crippen LogP contribution in [0.4, 0.5) is 16.2 Å². The maximum atomic E-state index is 13.9. The second kappa shape index (κ2) is 13.9. The maximum absolute atomic E-state index is 13.9. The van der Waals surface area contributed by atoms with Gasteiger partial charge >= 0.3 is 6.09 Å². The van der Waals surface area contributed by atoms with Crippen LogP contribution in [0.15, 0.2) is 83.2 Å². The molecular formula is C31H33N5O8S2. The van der Waals surface area contributed by atoms with Crippen molar-refractivity contribution in [2.45, 2.75) is 43.4 Å². The monoisotopic (exact) mass is 667 g/mol. The highest BCUT2D eigenvalue weighted by Crippen LogP contribution is 2.27. The SMILES string of the molecule is CC(C)CN(C[C@@H](O)[C@H](Cc1ccccc1)NC(=O)[C@@H]1CN(c2cccc([N+](=O)[O-])c2)C(=O)O1)S(=O)(=O)c1ccc2ncsc2c1. The van der Waals surface area contributed by atoms with Crippen molar-refractivity contribution in [1.29, 1.82) is 0 Å². The van der Waals surface area contributed by atoms with Crippen LogP contribution in [0.5, 0.6) is 0 Å². The molecule has 0 aliphatic carbocycles. The fraction of sp³-hybridized carbons (Fsp3) is 0.323. The average molecular weight is 668 g/mol. The number of hydrogen-bond donors (Lipinski definition) is 2. The summed E-state index contributed by atoms with van der Waals surface area (Å²) in [5.74, 6) is -0.774. The summed E-state index contributed by atoms with van der Waals surface area (Å²) in [4.78, 5) is 42.2. The van der Waals surface area contributed by atoms with E-state index < -0.39 is 45.2 Å². The fourth-order valence-corrected chi connectivity index (χ4v) is 7.61. The summed E-state index contributed by atoms with van der Waals surface area (Å²) in [5, 5.41) is 25.5. The number of thiazole rings is 1. The number of carbonyl (C=O) groups is 2. The van der Waals surface area contributed by atoms with Crippen LogP contribution in [-0.4, -0.2) is 77.6 Å². The Morgan fingerprint density at radius 2 is 1.91 bits per heavy atom. The Morgan fingerprint density at radius 3 is 2.63 bits per heavy atom. The number of aliphatic hydroxyl groups is 1. The summed E-state index contributed by atoms with van der Waals surface area (Å²) in [6.45, 7) is 3.32. The van der Waals surface area contributed by atoms with E-state index in [2.05, 4.69) is 10.3 Å². The molecule has 2 heterocycles. The van der Waals surface area contributed by atoms with Gasteiger partial charge in [-0.3, -0.25) is 19.8 Å². The van der Waals surface area contributed by atoms with Crippen LogP contribution in [0.1, 0.15) is 19.4 Å². The Balaban J connectivity index is 1.36. The number of anilines is 1. The number of nitrogens with zero attached hydrogens (tertiary/aromatic N) is 4. The van der Waals surface area contributed by atoms with Crippen molar-refractivity contribution in [2.24, 2.45) is 5.92 Å². The quantitative estimate of drug-likeness (QED) is 0.158. The van der Waals surface area contributed by atoms with Crippen molar-refractivity contribution in [1.82, 2.24) is 14.6 Å². The van der Waals surface area contributed by atoms with Crippen molar-refractivity contribution < 1.29 is 32.8 Å². The number of non-ortho nitro benzene ring substituents is 1. The highest BCUT2D eigenvalue weighted by molar-refractivity contribution is 7.89.